The Balaban J connectivity index is 1.98. The molecule has 2 rings (SSSR count). The second-order valence-corrected chi connectivity index (χ2v) is 8.54. The molecular formula is C21H26F3N3O4S. The minimum absolute atomic E-state index is 0.357. The van der Waals surface area contributed by atoms with Gasteiger partial charge in [-0.05, 0) is 43.4 Å². The SMILES string of the molecule is CCN(CC)CCOc1ccccc1NC(=O)CNS(=O)(=O)c1cccc(C(F)(F)F)c1. The number of likely N-dealkylation sites (N-methyl/N-ethyl adjacent to an activating group) is 1. The highest BCUT2D eigenvalue weighted by atomic mass is 32.2. The first-order valence-electron chi connectivity index (χ1n) is 9.97. The molecule has 0 unspecified atom stereocenters. The molecule has 0 bridgehead atoms. The van der Waals surface area contributed by atoms with Crippen LogP contribution in [0.25, 0.3) is 0 Å². The first kappa shape index (κ1) is 25.6. The second kappa shape index (κ2) is 11.3. The van der Waals surface area contributed by atoms with E-state index in [1.54, 1.807) is 24.3 Å². The normalized spacial score (nSPS) is 12.1. The Hall–Kier alpha value is -2.63. The van der Waals surface area contributed by atoms with Crippen LogP contribution in [0.5, 0.6) is 5.75 Å². The lowest BCUT2D eigenvalue weighted by molar-refractivity contribution is -0.137. The van der Waals surface area contributed by atoms with Gasteiger partial charge in [0.1, 0.15) is 12.4 Å². The molecule has 0 heterocycles. The van der Waals surface area contributed by atoms with Crippen molar-refractivity contribution in [3.63, 3.8) is 0 Å². The zero-order valence-electron chi connectivity index (χ0n) is 17.8. The molecule has 11 heteroatoms. The third-order valence-corrected chi connectivity index (χ3v) is 6.01. The zero-order valence-corrected chi connectivity index (χ0v) is 18.6. The number of sulfonamides is 1. The van der Waals surface area contributed by atoms with Crippen molar-refractivity contribution >= 4 is 21.6 Å². The van der Waals surface area contributed by atoms with E-state index in [-0.39, 0.29) is 0 Å². The zero-order chi connectivity index (χ0) is 23.8. The number of amides is 1. The molecule has 0 saturated carbocycles. The fourth-order valence-electron chi connectivity index (χ4n) is 2.80. The number of carbonyl (C=O) groups is 1. The Morgan fingerprint density at radius 3 is 2.41 bits per heavy atom. The number of hydrogen-bond acceptors (Lipinski definition) is 5. The standard InChI is InChI=1S/C21H26F3N3O4S/c1-3-27(4-2)12-13-31-19-11-6-5-10-18(19)26-20(28)15-25-32(29,30)17-9-7-8-16(14-17)21(22,23)24/h5-11,14,25H,3-4,12-13,15H2,1-2H3,(H,26,28). The van der Waals surface area contributed by atoms with Crippen molar-refractivity contribution in [1.82, 2.24) is 9.62 Å². The number of benzene rings is 2. The third kappa shape index (κ3) is 7.50. The highest BCUT2D eigenvalue weighted by Gasteiger charge is 2.31. The smallest absolute Gasteiger partial charge is 0.416 e. The van der Waals surface area contributed by atoms with Crippen LogP contribution in [-0.4, -0.2) is 52.0 Å². The van der Waals surface area contributed by atoms with Gasteiger partial charge in [-0.1, -0.05) is 32.0 Å². The average Bonchev–Trinajstić information content (AvgIpc) is 2.76. The molecule has 2 aromatic rings. The van der Waals surface area contributed by atoms with E-state index in [1.165, 1.54) is 0 Å². The fraction of sp³-hybridized carbons (Fsp3) is 0.381. The highest BCUT2D eigenvalue weighted by molar-refractivity contribution is 7.89. The quantitative estimate of drug-likeness (QED) is 0.523. The van der Waals surface area contributed by atoms with Crippen LogP contribution >= 0.6 is 0 Å². The number of hydrogen-bond donors (Lipinski definition) is 2. The van der Waals surface area contributed by atoms with Gasteiger partial charge in [0.2, 0.25) is 15.9 Å². The lowest BCUT2D eigenvalue weighted by Gasteiger charge is -2.19. The monoisotopic (exact) mass is 473 g/mol. The van der Waals surface area contributed by atoms with Crippen molar-refractivity contribution in [3.05, 3.63) is 54.1 Å². The average molecular weight is 474 g/mol. The summed E-state index contributed by atoms with van der Waals surface area (Å²) in [5, 5.41) is 2.55. The first-order chi connectivity index (χ1) is 15.1. The molecule has 0 spiro atoms. The van der Waals surface area contributed by atoms with Crippen LogP contribution in [0.4, 0.5) is 18.9 Å². The van der Waals surface area contributed by atoms with Gasteiger partial charge in [-0.15, -0.1) is 0 Å². The minimum atomic E-state index is -4.68. The van der Waals surface area contributed by atoms with Gasteiger partial charge >= 0.3 is 6.18 Å². The molecule has 32 heavy (non-hydrogen) atoms. The summed E-state index contributed by atoms with van der Waals surface area (Å²) in [7, 11) is -4.32. The summed E-state index contributed by atoms with van der Waals surface area (Å²) in [5.41, 5.74) is -0.740. The maximum Gasteiger partial charge on any atom is 0.416 e. The molecule has 1 amide bonds. The summed E-state index contributed by atoms with van der Waals surface area (Å²) < 4.78 is 70.9. The number of alkyl halides is 3. The highest BCUT2D eigenvalue weighted by Crippen LogP contribution is 2.30. The van der Waals surface area contributed by atoms with Crippen molar-refractivity contribution in [2.24, 2.45) is 0 Å². The van der Waals surface area contributed by atoms with Crippen LogP contribution < -0.4 is 14.8 Å². The molecule has 176 valence electrons. The van der Waals surface area contributed by atoms with E-state index in [0.29, 0.717) is 30.7 Å². The Morgan fingerprint density at radius 1 is 1.06 bits per heavy atom. The molecule has 0 aromatic heterocycles. The number of ether oxygens (including phenoxy) is 1. The molecular weight excluding hydrogens is 447 g/mol. The number of halogens is 3. The summed E-state index contributed by atoms with van der Waals surface area (Å²) in [6.07, 6.45) is -4.68. The summed E-state index contributed by atoms with van der Waals surface area (Å²) in [5.74, 6) is -0.269. The lowest BCUT2D eigenvalue weighted by Crippen LogP contribution is -2.33. The third-order valence-electron chi connectivity index (χ3n) is 4.62. The largest absolute Gasteiger partial charge is 0.490 e. The topological polar surface area (TPSA) is 87.7 Å². The maximum absolute atomic E-state index is 12.8. The van der Waals surface area contributed by atoms with Crippen LogP contribution in [0.2, 0.25) is 0 Å². The summed E-state index contributed by atoms with van der Waals surface area (Å²) >= 11 is 0. The Kier molecular flexibility index (Phi) is 9.05. The number of carbonyl (C=O) groups excluding carboxylic acids is 1. The van der Waals surface area contributed by atoms with Crippen LogP contribution in [0.1, 0.15) is 19.4 Å². The van der Waals surface area contributed by atoms with E-state index in [1.807, 2.05) is 18.6 Å². The van der Waals surface area contributed by atoms with Crippen LogP contribution in [0.3, 0.4) is 0 Å². The van der Waals surface area contributed by atoms with Crippen molar-refractivity contribution < 1.29 is 31.1 Å². The van der Waals surface area contributed by atoms with E-state index < -0.39 is 39.1 Å². The Labute approximate surface area is 185 Å². The van der Waals surface area contributed by atoms with Crippen molar-refractivity contribution in [3.8, 4) is 5.75 Å². The van der Waals surface area contributed by atoms with Crippen LogP contribution in [-0.2, 0) is 21.0 Å². The predicted molar refractivity (Wildman–Crippen MR) is 115 cm³/mol. The van der Waals surface area contributed by atoms with Gasteiger partial charge in [0.25, 0.3) is 0 Å². The van der Waals surface area contributed by atoms with Gasteiger partial charge < -0.3 is 15.0 Å². The number of nitrogens with zero attached hydrogens (tertiary/aromatic N) is 1. The molecule has 0 radical (unpaired) electrons. The van der Waals surface area contributed by atoms with Gasteiger partial charge in [-0.3, -0.25) is 4.79 Å². The van der Waals surface area contributed by atoms with Crippen molar-refractivity contribution in [2.75, 3.05) is 38.1 Å². The molecule has 0 aliphatic heterocycles. The van der Waals surface area contributed by atoms with Crippen molar-refractivity contribution in [1.29, 1.82) is 0 Å². The van der Waals surface area contributed by atoms with Crippen LogP contribution in [0, 0.1) is 0 Å². The molecule has 0 fully saturated rings. The Bertz CT molecular complexity index is 1010. The maximum atomic E-state index is 12.8. The number of anilines is 1. The van der Waals surface area contributed by atoms with E-state index in [9.17, 15) is 26.4 Å². The lowest BCUT2D eigenvalue weighted by atomic mass is 10.2. The van der Waals surface area contributed by atoms with E-state index >= 15 is 0 Å². The molecule has 7 nitrogen and oxygen atoms in total. The van der Waals surface area contributed by atoms with E-state index in [0.717, 1.165) is 31.3 Å². The Morgan fingerprint density at radius 2 is 1.75 bits per heavy atom. The first-order valence-corrected chi connectivity index (χ1v) is 11.5. The van der Waals surface area contributed by atoms with Crippen molar-refractivity contribution in [2.45, 2.75) is 24.9 Å². The minimum Gasteiger partial charge on any atom is -0.490 e. The molecule has 0 aliphatic carbocycles. The van der Waals surface area contributed by atoms with E-state index in [2.05, 4.69) is 10.2 Å². The number of para-hydroxylation sites is 2. The van der Waals surface area contributed by atoms with Gasteiger partial charge in [0.15, 0.2) is 0 Å². The molecule has 2 aromatic carbocycles. The van der Waals surface area contributed by atoms with Crippen LogP contribution in [0.15, 0.2) is 53.4 Å². The fourth-order valence-corrected chi connectivity index (χ4v) is 3.83. The van der Waals surface area contributed by atoms with Gasteiger partial charge in [0.05, 0.1) is 22.7 Å². The molecule has 2 N–H and O–H groups in total. The molecule has 0 atom stereocenters. The summed E-state index contributed by atoms with van der Waals surface area (Å²) in [4.78, 5) is 13.8. The second-order valence-electron chi connectivity index (χ2n) is 6.77. The summed E-state index contributed by atoms with van der Waals surface area (Å²) in [6, 6.07) is 9.98. The van der Waals surface area contributed by atoms with Gasteiger partial charge in [-0.2, -0.15) is 13.2 Å². The predicted octanol–water partition coefficient (Wildman–Crippen LogP) is 3.34. The molecule has 0 aliphatic rings. The van der Waals surface area contributed by atoms with Gasteiger partial charge in [0, 0.05) is 6.54 Å². The summed E-state index contributed by atoms with van der Waals surface area (Å²) in [6.45, 7) is 6.28. The van der Waals surface area contributed by atoms with Gasteiger partial charge in [-0.25, -0.2) is 13.1 Å². The van der Waals surface area contributed by atoms with E-state index in [4.69, 9.17) is 4.74 Å². The number of nitrogens with one attached hydrogen (secondary N) is 2. The molecule has 0 saturated heterocycles. The number of rotatable bonds is 11.